The maximum atomic E-state index is 13.8. The Morgan fingerprint density at radius 1 is 1.38 bits per heavy atom. The fourth-order valence-electron chi connectivity index (χ4n) is 1.31. The van der Waals surface area contributed by atoms with Gasteiger partial charge in [-0.25, -0.2) is 4.39 Å². The van der Waals surface area contributed by atoms with Crippen LogP contribution >= 0.6 is 0 Å². The van der Waals surface area contributed by atoms with E-state index < -0.39 is 17.7 Å². The van der Waals surface area contributed by atoms with Gasteiger partial charge in [-0.05, 0) is 13.0 Å². The van der Waals surface area contributed by atoms with Crippen molar-refractivity contribution < 1.29 is 23.8 Å². The summed E-state index contributed by atoms with van der Waals surface area (Å²) in [5, 5.41) is 8.84. The number of carbonyl (C=O) groups is 1. The van der Waals surface area contributed by atoms with E-state index >= 15 is 0 Å². The SMILES string of the molecule is COc1cc(OC)c(F)c(C(C)C(=O)O)c1. The Bertz CT molecular complexity index is 403. The summed E-state index contributed by atoms with van der Waals surface area (Å²) >= 11 is 0. The molecule has 4 nitrogen and oxygen atoms in total. The number of halogens is 1. The van der Waals surface area contributed by atoms with Gasteiger partial charge in [0.1, 0.15) is 5.75 Å². The zero-order valence-electron chi connectivity index (χ0n) is 9.28. The third kappa shape index (κ3) is 2.24. The Hall–Kier alpha value is -1.78. The molecule has 16 heavy (non-hydrogen) atoms. The summed E-state index contributed by atoms with van der Waals surface area (Å²) in [4.78, 5) is 10.8. The van der Waals surface area contributed by atoms with Gasteiger partial charge in [0.05, 0.1) is 20.1 Å². The molecule has 0 aromatic heterocycles. The number of rotatable bonds is 4. The van der Waals surface area contributed by atoms with Crippen LogP contribution in [0.15, 0.2) is 12.1 Å². The predicted octanol–water partition coefficient (Wildman–Crippen LogP) is 2.03. The topological polar surface area (TPSA) is 55.8 Å². The van der Waals surface area contributed by atoms with Crippen LogP contribution in [0.1, 0.15) is 18.4 Å². The lowest BCUT2D eigenvalue weighted by Gasteiger charge is -2.13. The lowest BCUT2D eigenvalue weighted by molar-refractivity contribution is -0.138. The van der Waals surface area contributed by atoms with E-state index in [2.05, 4.69) is 0 Å². The van der Waals surface area contributed by atoms with Gasteiger partial charge >= 0.3 is 5.97 Å². The molecular weight excluding hydrogens is 215 g/mol. The van der Waals surface area contributed by atoms with Gasteiger partial charge in [0, 0.05) is 11.6 Å². The first-order valence-corrected chi connectivity index (χ1v) is 4.65. The van der Waals surface area contributed by atoms with Crippen molar-refractivity contribution in [3.05, 3.63) is 23.5 Å². The molecule has 88 valence electrons. The number of carboxylic acid groups (broad SMARTS) is 1. The summed E-state index contributed by atoms with van der Waals surface area (Å²) < 4.78 is 23.5. The molecule has 0 amide bonds. The molecule has 0 fully saturated rings. The van der Waals surface area contributed by atoms with Gasteiger partial charge in [-0.15, -0.1) is 0 Å². The van der Waals surface area contributed by atoms with Crippen molar-refractivity contribution >= 4 is 5.97 Å². The molecule has 0 saturated heterocycles. The van der Waals surface area contributed by atoms with Crippen molar-refractivity contribution in [2.75, 3.05) is 14.2 Å². The first kappa shape index (κ1) is 12.3. The molecule has 0 spiro atoms. The van der Waals surface area contributed by atoms with E-state index in [0.717, 1.165) is 0 Å². The molecule has 0 aliphatic rings. The largest absolute Gasteiger partial charge is 0.497 e. The zero-order valence-corrected chi connectivity index (χ0v) is 9.28. The molecule has 5 heteroatoms. The van der Waals surface area contributed by atoms with Gasteiger partial charge in [-0.3, -0.25) is 4.79 Å². The number of ether oxygens (including phenoxy) is 2. The first-order valence-electron chi connectivity index (χ1n) is 4.65. The molecule has 1 atom stereocenters. The third-order valence-electron chi connectivity index (χ3n) is 2.33. The van der Waals surface area contributed by atoms with Crippen LogP contribution in [0.3, 0.4) is 0 Å². The van der Waals surface area contributed by atoms with Crippen molar-refractivity contribution in [2.24, 2.45) is 0 Å². The van der Waals surface area contributed by atoms with Gasteiger partial charge < -0.3 is 14.6 Å². The normalized spacial score (nSPS) is 12.0. The van der Waals surface area contributed by atoms with Gasteiger partial charge in [0.2, 0.25) is 0 Å². The lowest BCUT2D eigenvalue weighted by atomic mass is 10.00. The molecule has 1 N–H and O–H groups in total. The molecule has 1 unspecified atom stereocenters. The van der Waals surface area contributed by atoms with Gasteiger partial charge in [0.25, 0.3) is 0 Å². The maximum Gasteiger partial charge on any atom is 0.310 e. The molecule has 1 aromatic rings. The van der Waals surface area contributed by atoms with Crippen molar-refractivity contribution in [3.63, 3.8) is 0 Å². The second-order valence-electron chi connectivity index (χ2n) is 3.29. The number of carboxylic acids is 1. The Kier molecular flexibility index (Phi) is 3.71. The smallest absolute Gasteiger partial charge is 0.310 e. The van der Waals surface area contributed by atoms with E-state index in [9.17, 15) is 9.18 Å². The minimum absolute atomic E-state index is 0.0255. The highest BCUT2D eigenvalue weighted by atomic mass is 19.1. The highest BCUT2D eigenvalue weighted by Crippen LogP contribution is 2.31. The lowest BCUT2D eigenvalue weighted by Crippen LogP contribution is -2.10. The Morgan fingerprint density at radius 2 is 2.00 bits per heavy atom. The van der Waals surface area contributed by atoms with Crippen LogP contribution in [0.2, 0.25) is 0 Å². The van der Waals surface area contributed by atoms with E-state index in [1.165, 1.54) is 33.3 Å². The maximum absolute atomic E-state index is 13.8. The molecule has 0 aliphatic heterocycles. The number of hydrogen-bond donors (Lipinski definition) is 1. The average molecular weight is 228 g/mol. The second-order valence-corrected chi connectivity index (χ2v) is 3.29. The van der Waals surface area contributed by atoms with E-state index in [4.69, 9.17) is 14.6 Å². The highest BCUT2D eigenvalue weighted by molar-refractivity contribution is 5.76. The van der Waals surface area contributed by atoms with E-state index in [1.54, 1.807) is 0 Å². The average Bonchev–Trinajstić information content (AvgIpc) is 2.28. The standard InChI is InChI=1S/C11H13FO4/c1-6(11(13)14)8-4-7(15-2)5-9(16-3)10(8)12/h4-6H,1-3H3,(H,13,14). The fraction of sp³-hybridized carbons (Fsp3) is 0.364. The Balaban J connectivity index is 3.31. The summed E-state index contributed by atoms with van der Waals surface area (Å²) in [6.07, 6.45) is 0. The van der Waals surface area contributed by atoms with Crippen molar-refractivity contribution in [3.8, 4) is 11.5 Å². The van der Waals surface area contributed by atoms with E-state index in [-0.39, 0.29) is 11.3 Å². The van der Waals surface area contributed by atoms with Crippen LogP contribution in [0.5, 0.6) is 11.5 Å². The summed E-state index contributed by atoms with van der Waals surface area (Å²) in [6.45, 7) is 1.40. The zero-order chi connectivity index (χ0) is 12.3. The van der Waals surface area contributed by atoms with E-state index in [1.807, 2.05) is 0 Å². The monoisotopic (exact) mass is 228 g/mol. The van der Waals surface area contributed by atoms with Crippen molar-refractivity contribution in [1.82, 2.24) is 0 Å². The van der Waals surface area contributed by atoms with Crippen LogP contribution in [0.4, 0.5) is 4.39 Å². The minimum atomic E-state index is -1.10. The number of aliphatic carboxylic acids is 1. The molecule has 0 saturated carbocycles. The van der Waals surface area contributed by atoms with Crippen LogP contribution < -0.4 is 9.47 Å². The van der Waals surface area contributed by atoms with Gasteiger partial charge in [0.15, 0.2) is 11.6 Å². The van der Waals surface area contributed by atoms with Gasteiger partial charge in [-0.2, -0.15) is 0 Å². The van der Waals surface area contributed by atoms with Crippen LogP contribution in [0.25, 0.3) is 0 Å². The predicted molar refractivity (Wildman–Crippen MR) is 55.6 cm³/mol. The molecule has 0 bridgehead atoms. The van der Waals surface area contributed by atoms with Crippen LogP contribution in [0, 0.1) is 5.82 Å². The number of hydrogen-bond acceptors (Lipinski definition) is 3. The molecule has 1 aromatic carbocycles. The summed E-state index contributed by atoms with van der Waals surface area (Å²) in [7, 11) is 2.73. The summed E-state index contributed by atoms with van der Waals surface area (Å²) in [5.74, 6) is -2.39. The molecule has 0 heterocycles. The second kappa shape index (κ2) is 4.83. The summed E-state index contributed by atoms with van der Waals surface area (Å²) in [6, 6.07) is 2.73. The van der Waals surface area contributed by atoms with Gasteiger partial charge in [-0.1, -0.05) is 0 Å². The fourth-order valence-corrected chi connectivity index (χ4v) is 1.31. The number of methoxy groups -OCH3 is 2. The van der Waals surface area contributed by atoms with Crippen LogP contribution in [-0.2, 0) is 4.79 Å². The molecule has 0 radical (unpaired) electrons. The molecular formula is C11H13FO4. The first-order chi connectivity index (χ1) is 7.51. The molecule has 1 rings (SSSR count). The van der Waals surface area contributed by atoms with Crippen LogP contribution in [-0.4, -0.2) is 25.3 Å². The Morgan fingerprint density at radius 3 is 2.44 bits per heavy atom. The minimum Gasteiger partial charge on any atom is -0.497 e. The van der Waals surface area contributed by atoms with Crippen molar-refractivity contribution in [2.45, 2.75) is 12.8 Å². The highest BCUT2D eigenvalue weighted by Gasteiger charge is 2.21. The third-order valence-corrected chi connectivity index (χ3v) is 2.33. The van der Waals surface area contributed by atoms with E-state index in [0.29, 0.717) is 5.75 Å². The van der Waals surface area contributed by atoms with Crippen molar-refractivity contribution in [1.29, 1.82) is 0 Å². The molecule has 0 aliphatic carbocycles. The summed E-state index contributed by atoms with van der Waals surface area (Å²) in [5.41, 5.74) is 0.0451. The number of benzene rings is 1. The Labute approximate surface area is 92.6 Å². The quantitative estimate of drug-likeness (QED) is 0.856.